The average Bonchev–Trinajstić information content (AvgIpc) is 1.65. The monoisotopic (exact) mass is 106 g/mol. The Balaban J connectivity index is 2.75. The van der Waals surface area contributed by atoms with Crippen LogP contribution in [0.4, 0.5) is 0 Å². The summed E-state index contributed by atoms with van der Waals surface area (Å²) in [5.41, 5.74) is 0. The lowest BCUT2D eigenvalue weighted by atomic mass is 10.4. The Bertz CT molecular complexity index is 28.0. The maximum atomic E-state index is 8.45. The van der Waals surface area contributed by atoms with E-state index >= 15 is 0 Å². The van der Waals surface area contributed by atoms with Gasteiger partial charge in [-0.25, -0.2) is 0 Å². The van der Waals surface area contributed by atoms with Crippen LogP contribution in [0.5, 0.6) is 0 Å². The van der Waals surface area contributed by atoms with Gasteiger partial charge in [0.05, 0.1) is 12.7 Å². The summed E-state index contributed by atoms with van der Waals surface area (Å²) in [4.78, 5) is 0. The van der Waals surface area contributed by atoms with Crippen molar-refractivity contribution in [3.8, 4) is 0 Å². The molecule has 0 amide bonds. The van der Waals surface area contributed by atoms with Gasteiger partial charge in [-0.15, -0.1) is 0 Å². The molecule has 1 atom stereocenters. The van der Waals surface area contributed by atoms with Gasteiger partial charge in [0.1, 0.15) is 0 Å². The number of hydrogen-bond donors (Lipinski definition) is 2. The molecule has 1 unspecified atom stereocenters. The van der Waals surface area contributed by atoms with Crippen LogP contribution in [0.3, 0.4) is 0 Å². The highest BCUT2D eigenvalue weighted by Gasteiger charge is 1.92. The summed E-state index contributed by atoms with van der Waals surface area (Å²) in [6.07, 6.45) is -0.448. The number of rotatable bonds is 2. The van der Waals surface area contributed by atoms with E-state index in [0.29, 0.717) is 0 Å². The number of hydrogen-bond acceptors (Lipinski definition) is 2. The zero-order chi connectivity index (χ0) is 4.99. The second-order valence-corrected chi connectivity index (χ2v) is 2.06. The van der Waals surface area contributed by atoms with E-state index < -0.39 is 6.10 Å². The third-order valence-corrected chi connectivity index (χ3v) is 1.62. The van der Waals surface area contributed by atoms with Gasteiger partial charge in [0.25, 0.3) is 0 Å². The molecule has 0 aliphatic heterocycles. The Morgan fingerprint density at radius 1 is 1.67 bits per heavy atom. The van der Waals surface area contributed by atoms with Crippen LogP contribution in [0, 0.1) is 0 Å². The summed E-state index contributed by atoms with van der Waals surface area (Å²) in [6.45, 7) is -0.0799. The van der Waals surface area contributed by atoms with Crippen LogP contribution in [0.2, 0.25) is 6.04 Å². The van der Waals surface area contributed by atoms with Crippen LogP contribution < -0.4 is 0 Å². The molecule has 0 spiro atoms. The summed E-state index contributed by atoms with van der Waals surface area (Å²) in [6, 6.07) is 0.774. The number of aliphatic hydroxyl groups is 2. The molecule has 2 nitrogen and oxygen atoms in total. The molecule has 0 heterocycles. The van der Waals surface area contributed by atoms with Gasteiger partial charge >= 0.3 is 0 Å². The molecular weight excluding hydrogens is 96.1 g/mol. The minimum absolute atomic E-state index is 0.0799. The van der Waals surface area contributed by atoms with Gasteiger partial charge in [0.2, 0.25) is 0 Å². The first-order chi connectivity index (χ1) is 2.81. The average molecular weight is 106 g/mol. The predicted octanol–water partition coefficient (Wildman–Crippen LogP) is -1.88. The van der Waals surface area contributed by atoms with E-state index in [4.69, 9.17) is 10.2 Å². The SMILES string of the molecule is OCC(O)C[SiH3]. The van der Waals surface area contributed by atoms with E-state index in [2.05, 4.69) is 0 Å². The Labute approximate surface area is 40.2 Å². The molecule has 0 aromatic rings. The minimum atomic E-state index is -0.448. The Hall–Kier alpha value is 0.137. The van der Waals surface area contributed by atoms with Crippen LogP contribution in [0.1, 0.15) is 0 Å². The summed E-state index contributed by atoms with van der Waals surface area (Å²) in [5, 5.41) is 16.6. The first-order valence-corrected chi connectivity index (χ1v) is 3.51. The molecule has 3 heteroatoms. The molecule has 0 radical (unpaired) electrons. The first-order valence-electron chi connectivity index (χ1n) is 2.10. The summed E-state index contributed by atoms with van der Waals surface area (Å²) >= 11 is 0. The van der Waals surface area contributed by atoms with Crippen molar-refractivity contribution < 1.29 is 10.2 Å². The smallest absolute Gasteiger partial charge is 0.0739 e. The van der Waals surface area contributed by atoms with Gasteiger partial charge in [-0.2, -0.15) is 0 Å². The Kier molecular flexibility index (Phi) is 3.41. The van der Waals surface area contributed by atoms with Crippen molar-refractivity contribution in [1.82, 2.24) is 0 Å². The zero-order valence-corrected chi connectivity index (χ0v) is 5.89. The van der Waals surface area contributed by atoms with Crippen molar-refractivity contribution in [2.45, 2.75) is 12.1 Å². The van der Waals surface area contributed by atoms with Crippen molar-refractivity contribution in [3.05, 3.63) is 0 Å². The third kappa shape index (κ3) is 2.38. The van der Waals surface area contributed by atoms with Gasteiger partial charge < -0.3 is 10.2 Å². The van der Waals surface area contributed by atoms with E-state index in [0.717, 1.165) is 16.3 Å². The van der Waals surface area contributed by atoms with Crippen molar-refractivity contribution >= 4 is 10.2 Å². The van der Waals surface area contributed by atoms with Crippen LogP contribution in [-0.4, -0.2) is 33.2 Å². The predicted molar refractivity (Wildman–Crippen MR) is 27.8 cm³/mol. The highest BCUT2D eigenvalue weighted by Crippen LogP contribution is 1.81. The second kappa shape index (κ2) is 3.33. The maximum absolute atomic E-state index is 8.45. The molecule has 2 N–H and O–H groups in total. The van der Waals surface area contributed by atoms with Gasteiger partial charge in [0, 0.05) is 10.2 Å². The Morgan fingerprint density at radius 2 is 2.17 bits per heavy atom. The van der Waals surface area contributed by atoms with E-state index in [1.165, 1.54) is 0 Å². The highest BCUT2D eigenvalue weighted by atomic mass is 28.1. The highest BCUT2D eigenvalue weighted by molar-refractivity contribution is 6.08. The molecule has 0 rings (SSSR count). The van der Waals surface area contributed by atoms with E-state index in [-0.39, 0.29) is 6.61 Å². The largest absolute Gasteiger partial charge is 0.394 e. The molecule has 0 saturated carbocycles. The van der Waals surface area contributed by atoms with Crippen molar-refractivity contribution in [2.75, 3.05) is 6.61 Å². The quantitative estimate of drug-likeness (QED) is 0.405. The molecule has 0 bridgehead atoms. The fourth-order valence-corrected chi connectivity index (χ4v) is 0.387. The van der Waals surface area contributed by atoms with Crippen molar-refractivity contribution in [1.29, 1.82) is 0 Å². The summed E-state index contributed by atoms with van der Waals surface area (Å²) in [5.74, 6) is 0. The fourth-order valence-electron chi connectivity index (χ4n) is 0.129. The minimum Gasteiger partial charge on any atom is -0.394 e. The molecule has 38 valence electrons. The molecule has 0 aromatic carbocycles. The lowest BCUT2D eigenvalue weighted by Gasteiger charge is -1.97. The Morgan fingerprint density at radius 3 is 2.17 bits per heavy atom. The van der Waals surface area contributed by atoms with Gasteiger partial charge in [-0.05, 0) is 6.04 Å². The van der Waals surface area contributed by atoms with Gasteiger partial charge in [-0.3, -0.25) is 0 Å². The van der Waals surface area contributed by atoms with Crippen LogP contribution >= 0.6 is 0 Å². The second-order valence-electron chi connectivity index (χ2n) is 1.24. The summed E-state index contributed by atoms with van der Waals surface area (Å²) < 4.78 is 0. The molecule has 0 fully saturated rings. The van der Waals surface area contributed by atoms with Crippen LogP contribution in [-0.2, 0) is 0 Å². The molecular formula is C3H10O2Si. The van der Waals surface area contributed by atoms with Gasteiger partial charge in [0.15, 0.2) is 0 Å². The standard InChI is InChI=1S/C3H10O2Si/c4-1-3(5)2-6/h3-5H,1-2H2,6H3. The van der Waals surface area contributed by atoms with Crippen LogP contribution in [0.25, 0.3) is 0 Å². The lowest BCUT2D eigenvalue weighted by Crippen LogP contribution is -2.09. The van der Waals surface area contributed by atoms with E-state index in [9.17, 15) is 0 Å². The number of aliphatic hydroxyl groups excluding tert-OH is 2. The van der Waals surface area contributed by atoms with E-state index in [1.807, 2.05) is 0 Å². The first kappa shape index (κ1) is 6.14. The lowest BCUT2D eigenvalue weighted by molar-refractivity contribution is 0.110. The topological polar surface area (TPSA) is 40.5 Å². The molecule has 0 aliphatic carbocycles. The fraction of sp³-hybridized carbons (Fsp3) is 1.00. The van der Waals surface area contributed by atoms with Gasteiger partial charge in [-0.1, -0.05) is 0 Å². The maximum Gasteiger partial charge on any atom is 0.0739 e. The third-order valence-electron chi connectivity index (χ3n) is 0.682. The van der Waals surface area contributed by atoms with E-state index in [1.54, 1.807) is 0 Å². The zero-order valence-electron chi connectivity index (χ0n) is 3.89. The van der Waals surface area contributed by atoms with Crippen molar-refractivity contribution in [2.24, 2.45) is 0 Å². The molecule has 0 aromatic heterocycles. The van der Waals surface area contributed by atoms with Crippen LogP contribution in [0.15, 0.2) is 0 Å². The summed E-state index contributed by atoms with van der Waals surface area (Å²) in [7, 11) is 0.972. The molecule has 0 saturated heterocycles. The molecule has 6 heavy (non-hydrogen) atoms. The molecule has 0 aliphatic rings. The normalized spacial score (nSPS) is 15.0. The van der Waals surface area contributed by atoms with Crippen molar-refractivity contribution in [3.63, 3.8) is 0 Å².